The van der Waals surface area contributed by atoms with Crippen molar-refractivity contribution in [2.24, 2.45) is 0 Å². The highest BCUT2D eigenvalue weighted by Gasteiger charge is 2.41. The Kier molecular flexibility index (Phi) is 3.37. The molecule has 2 fully saturated rings. The Morgan fingerprint density at radius 3 is 3.00 bits per heavy atom. The van der Waals surface area contributed by atoms with Gasteiger partial charge >= 0.3 is 0 Å². The van der Waals surface area contributed by atoms with Crippen molar-refractivity contribution in [2.75, 3.05) is 26.3 Å². The van der Waals surface area contributed by atoms with Gasteiger partial charge in [0.15, 0.2) is 0 Å². The summed E-state index contributed by atoms with van der Waals surface area (Å²) < 4.78 is 5.73. The lowest BCUT2D eigenvalue weighted by molar-refractivity contribution is 0.00657. The van der Waals surface area contributed by atoms with Crippen LogP contribution in [0.25, 0.3) is 0 Å². The monoisotopic (exact) mass is 246 g/mol. The van der Waals surface area contributed by atoms with Crippen LogP contribution in [0.2, 0.25) is 0 Å². The minimum atomic E-state index is 0.201. The maximum absolute atomic E-state index is 5.73. The smallest absolute Gasteiger partial charge is 0.0662 e. The molecule has 2 heterocycles. The molecule has 2 unspecified atom stereocenters. The fraction of sp³-hybridized carbons (Fsp3) is 0.600. The molecule has 0 aromatic heterocycles. The molecule has 3 heteroatoms. The molecule has 0 aliphatic carbocycles. The molecule has 2 aliphatic heterocycles. The van der Waals surface area contributed by atoms with Crippen LogP contribution in [0.1, 0.15) is 18.9 Å². The quantitative estimate of drug-likeness (QED) is 0.858. The summed E-state index contributed by atoms with van der Waals surface area (Å²) in [5, 5.41) is 3.74. The van der Waals surface area contributed by atoms with Crippen LogP contribution < -0.4 is 5.32 Å². The number of nitrogens with one attached hydrogen (secondary N) is 1. The van der Waals surface area contributed by atoms with Gasteiger partial charge in [0.25, 0.3) is 0 Å². The zero-order valence-electron chi connectivity index (χ0n) is 11.1. The van der Waals surface area contributed by atoms with Crippen molar-refractivity contribution >= 4 is 0 Å². The second-order valence-corrected chi connectivity index (χ2v) is 5.79. The van der Waals surface area contributed by atoms with Crippen LogP contribution in [0.15, 0.2) is 30.3 Å². The Labute approximate surface area is 109 Å². The molecule has 1 aromatic carbocycles. The van der Waals surface area contributed by atoms with Crippen molar-refractivity contribution in [1.82, 2.24) is 10.2 Å². The highest BCUT2D eigenvalue weighted by Crippen LogP contribution is 2.26. The summed E-state index contributed by atoms with van der Waals surface area (Å²) in [4.78, 5) is 2.53. The molecular weight excluding hydrogens is 224 g/mol. The number of morpholine rings is 1. The largest absolute Gasteiger partial charge is 0.378 e. The lowest BCUT2D eigenvalue weighted by Gasteiger charge is -2.38. The molecule has 3 rings (SSSR count). The molecule has 3 nitrogen and oxygen atoms in total. The maximum Gasteiger partial charge on any atom is 0.0662 e. The van der Waals surface area contributed by atoms with E-state index in [1.54, 1.807) is 0 Å². The van der Waals surface area contributed by atoms with Crippen molar-refractivity contribution in [3.05, 3.63) is 35.9 Å². The summed E-state index contributed by atoms with van der Waals surface area (Å²) in [5.41, 5.74) is 1.60. The highest BCUT2D eigenvalue weighted by atomic mass is 16.5. The van der Waals surface area contributed by atoms with Crippen LogP contribution in [-0.2, 0) is 11.3 Å². The standard InChI is InChI=1S/C15H22N2O/c1-13-10-18-12-15(16-13)7-8-17(11-15)9-14-5-3-2-4-6-14/h2-6,13,16H,7-12H2,1H3. The summed E-state index contributed by atoms with van der Waals surface area (Å²) in [6.45, 7) is 7.24. The molecule has 0 amide bonds. The second kappa shape index (κ2) is 5.00. The SMILES string of the molecule is CC1COCC2(CCN(Cc3ccccc3)C2)N1. The van der Waals surface area contributed by atoms with E-state index < -0.39 is 0 Å². The Balaban J connectivity index is 1.61. The molecule has 2 aliphatic rings. The zero-order chi connectivity index (χ0) is 12.4. The Hall–Kier alpha value is -0.900. The molecule has 1 aromatic rings. The number of ether oxygens (including phenoxy) is 1. The van der Waals surface area contributed by atoms with Gasteiger partial charge in [0.2, 0.25) is 0 Å². The van der Waals surface area contributed by atoms with E-state index in [2.05, 4.69) is 47.5 Å². The summed E-state index contributed by atoms with van der Waals surface area (Å²) in [6, 6.07) is 11.2. The minimum absolute atomic E-state index is 0.201. The van der Waals surface area contributed by atoms with Gasteiger partial charge in [0, 0.05) is 25.7 Å². The van der Waals surface area contributed by atoms with E-state index >= 15 is 0 Å². The van der Waals surface area contributed by atoms with E-state index in [9.17, 15) is 0 Å². The van der Waals surface area contributed by atoms with Gasteiger partial charge in [0.05, 0.1) is 18.8 Å². The van der Waals surface area contributed by atoms with E-state index in [1.165, 1.54) is 12.0 Å². The first-order valence-corrected chi connectivity index (χ1v) is 6.88. The molecule has 98 valence electrons. The van der Waals surface area contributed by atoms with Crippen LogP contribution in [0.5, 0.6) is 0 Å². The second-order valence-electron chi connectivity index (χ2n) is 5.79. The summed E-state index contributed by atoms with van der Waals surface area (Å²) >= 11 is 0. The number of nitrogens with zero attached hydrogens (tertiary/aromatic N) is 1. The van der Waals surface area contributed by atoms with Crippen LogP contribution in [-0.4, -0.2) is 42.8 Å². The molecule has 1 spiro atoms. The number of hydrogen-bond acceptors (Lipinski definition) is 3. The molecule has 18 heavy (non-hydrogen) atoms. The third kappa shape index (κ3) is 2.58. The third-order valence-electron chi connectivity index (χ3n) is 3.98. The lowest BCUT2D eigenvalue weighted by atomic mass is 9.97. The van der Waals surface area contributed by atoms with Gasteiger partial charge < -0.3 is 10.1 Å². The van der Waals surface area contributed by atoms with Gasteiger partial charge in [-0.25, -0.2) is 0 Å². The van der Waals surface area contributed by atoms with E-state index in [-0.39, 0.29) is 5.54 Å². The molecular formula is C15H22N2O. The normalized spacial score (nSPS) is 33.1. The van der Waals surface area contributed by atoms with Gasteiger partial charge in [-0.3, -0.25) is 4.90 Å². The molecule has 0 saturated carbocycles. The van der Waals surface area contributed by atoms with E-state index in [1.807, 2.05) is 0 Å². The number of hydrogen-bond donors (Lipinski definition) is 1. The summed E-state index contributed by atoms with van der Waals surface area (Å²) in [7, 11) is 0. The van der Waals surface area contributed by atoms with Crippen molar-refractivity contribution in [2.45, 2.75) is 31.5 Å². The van der Waals surface area contributed by atoms with Crippen LogP contribution in [0.4, 0.5) is 0 Å². The topological polar surface area (TPSA) is 24.5 Å². The number of likely N-dealkylation sites (tertiary alicyclic amines) is 1. The van der Waals surface area contributed by atoms with E-state index in [0.29, 0.717) is 6.04 Å². The van der Waals surface area contributed by atoms with E-state index in [0.717, 1.165) is 32.8 Å². The lowest BCUT2D eigenvalue weighted by Crippen LogP contribution is -2.59. The number of rotatable bonds is 2. The first-order valence-electron chi connectivity index (χ1n) is 6.88. The fourth-order valence-corrected chi connectivity index (χ4v) is 3.21. The molecule has 0 radical (unpaired) electrons. The average molecular weight is 246 g/mol. The first-order chi connectivity index (χ1) is 8.76. The van der Waals surface area contributed by atoms with Crippen LogP contribution in [0, 0.1) is 0 Å². The highest BCUT2D eigenvalue weighted by molar-refractivity contribution is 5.15. The molecule has 2 saturated heterocycles. The van der Waals surface area contributed by atoms with Crippen molar-refractivity contribution < 1.29 is 4.74 Å². The molecule has 2 atom stereocenters. The Morgan fingerprint density at radius 1 is 1.39 bits per heavy atom. The average Bonchev–Trinajstić information content (AvgIpc) is 2.73. The summed E-state index contributed by atoms with van der Waals surface area (Å²) in [5.74, 6) is 0. The van der Waals surface area contributed by atoms with Gasteiger partial charge in [-0.1, -0.05) is 30.3 Å². The Bertz CT molecular complexity index is 395. The predicted octanol–water partition coefficient (Wildman–Crippen LogP) is 1.64. The van der Waals surface area contributed by atoms with Gasteiger partial charge in [0.1, 0.15) is 0 Å². The first kappa shape index (κ1) is 12.2. The number of benzene rings is 1. The van der Waals surface area contributed by atoms with Gasteiger partial charge in [-0.05, 0) is 18.9 Å². The van der Waals surface area contributed by atoms with Crippen molar-refractivity contribution in [3.8, 4) is 0 Å². The Morgan fingerprint density at radius 2 is 2.22 bits per heavy atom. The van der Waals surface area contributed by atoms with Crippen molar-refractivity contribution in [1.29, 1.82) is 0 Å². The van der Waals surface area contributed by atoms with Crippen LogP contribution in [0.3, 0.4) is 0 Å². The fourth-order valence-electron chi connectivity index (χ4n) is 3.21. The van der Waals surface area contributed by atoms with Gasteiger partial charge in [-0.15, -0.1) is 0 Å². The molecule has 1 N–H and O–H groups in total. The maximum atomic E-state index is 5.73. The minimum Gasteiger partial charge on any atom is -0.378 e. The summed E-state index contributed by atoms with van der Waals surface area (Å²) in [6.07, 6.45) is 1.20. The van der Waals surface area contributed by atoms with Crippen molar-refractivity contribution in [3.63, 3.8) is 0 Å². The molecule has 0 bridgehead atoms. The predicted molar refractivity (Wildman–Crippen MR) is 72.5 cm³/mol. The third-order valence-corrected chi connectivity index (χ3v) is 3.98. The van der Waals surface area contributed by atoms with Gasteiger partial charge in [-0.2, -0.15) is 0 Å². The zero-order valence-corrected chi connectivity index (χ0v) is 11.1. The van der Waals surface area contributed by atoms with E-state index in [4.69, 9.17) is 4.74 Å². The van der Waals surface area contributed by atoms with Crippen LogP contribution >= 0.6 is 0 Å².